The van der Waals surface area contributed by atoms with Crippen LogP contribution in [0.15, 0.2) is 48.5 Å². The fourth-order valence-corrected chi connectivity index (χ4v) is 5.08. The predicted octanol–water partition coefficient (Wildman–Crippen LogP) is 3.58. The molecule has 0 unspecified atom stereocenters. The van der Waals surface area contributed by atoms with Crippen molar-refractivity contribution in [2.75, 3.05) is 40.0 Å². The van der Waals surface area contributed by atoms with Gasteiger partial charge in [-0.2, -0.15) is 18.4 Å². The monoisotopic (exact) mass is 626 g/mol. The number of benzene rings is 2. The van der Waals surface area contributed by atoms with Gasteiger partial charge in [-0.1, -0.05) is 19.1 Å². The van der Waals surface area contributed by atoms with E-state index in [4.69, 9.17) is 19.3 Å². The summed E-state index contributed by atoms with van der Waals surface area (Å²) >= 11 is 0. The van der Waals surface area contributed by atoms with Gasteiger partial charge in [0.1, 0.15) is 18.1 Å². The second-order valence-electron chi connectivity index (χ2n) is 11.4. The Labute approximate surface area is 257 Å². The van der Waals surface area contributed by atoms with Crippen LogP contribution in [0.4, 0.5) is 13.2 Å². The average Bonchev–Trinajstić information content (AvgIpc) is 3.82. The number of aliphatic hydroxyl groups excluding tert-OH is 1. The number of rotatable bonds is 12. The Kier molecular flexibility index (Phi) is 8.93. The maximum absolute atomic E-state index is 14.8. The highest BCUT2D eigenvalue weighted by atomic mass is 19.4. The third kappa shape index (κ3) is 6.54. The minimum Gasteiger partial charge on any atom is -0.493 e. The Morgan fingerprint density at radius 3 is 2.53 bits per heavy atom. The number of nitriles is 1. The van der Waals surface area contributed by atoms with E-state index >= 15 is 0 Å². The summed E-state index contributed by atoms with van der Waals surface area (Å²) in [5.74, 6) is -0.240. The summed E-state index contributed by atoms with van der Waals surface area (Å²) in [6, 6.07) is 13.7. The van der Waals surface area contributed by atoms with Crippen LogP contribution in [0.25, 0.3) is 11.3 Å². The van der Waals surface area contributed by atoms with Crippen LogP contribution in [0.5, 0.6) is 17.2 Å². The lowest BCUT2D eigenvalue weighted by atomic mass is 9.82. The Morgan fingerprint density at radius 2 is 1.91 bits per heavy atom. The van der Waals surface area contributed by atoms with Gasteiger partial charge in [-0.15, -0.1) is 0 Å². The summed E-state index contributed by atoms with van der Waals surface area (Å²) in [6.07, 6.45) is -3.22. The van der Waals surface area contributed by atoms with Crippen molar-refractivity contribution in [3.05, 3.63) is 70.9 Å². The van der Waals surface area contributed by atoms with Crippen LogP contribution < -0.4 is 24.8 Å². The molecule has 0 spiro atoms. The zero-order valence-corrected chi connectivity index (χ0v) is 24.7. The lowest BCUT2D eigenvalue weighted by Gasteiger charge is -2.32. The number of amides is 1. The highest BCUT2D eigenvalue weighted by Gasteiger charge is 2.57. The number of carbonyl (C=O) groups is 1. The number of aromatic nitrogens is 1. The van der Waals surface area contributed by atoms with Crippen LogP contribution in [0.3, 0.4) is 0 Å². The van der Waals surface area contributed by atoms with Crippen molar-refractivity contribution in [1.29, 1.82) is 5.26 Å². The highest BCUT2D eigenvalue weighted by molar-refractivity contribution is 5.95. The number of pyridine rings is 1. The van der Waals surface area contributed by atoms with Crippen LogP contribution in [0, 0.1) is 11.3 Å². The molecule has 1 aliphatic heterocycles. The molecule has 2 aliphatic rings. The molecule has 45 heavy (non-hydrogen) atoms. The van der Waals surface area contributed by atoms with Gasteiger partial charge in [0, 0.05) is 34.7 Å². The first kappa shape index (κ1) is 32.0. The second-order valence-corrected chi connectivity index (χ2v) is 11.4. The average molecular weight is 627 g/mol. The quantitative estimate of drug-likeness (QED) is 0.237. The maximum atomic E-state index is 14.8. The fourth-order valence-electron chi connectivity index (χ4n) is 5.08. The van der Waals surface area contributed by atoms with E-state index in [2.05, 4.69) is 15.6 Å². The molecule has 10 nitrogen and oxygen atoms in total. The molecule has 1 saturated carbocycles. The maximum Gasteiger partial charge on any atom is 0.424 e. The molecule has 2 atom stereocenters. The molecule has 2 aromatic carbocycles. The van der Waals surface area contributed by atoms with Gasteiger partial charge in [0.15, 0.2) is 11.5 Å². The SMILES string of the molecule is COc1cc(C(=O)NC[C@](O)(c2cc3c(c(-c4ccc(C#N)cc4)n2)OC[C@]3(C)CNC2CC2)C(F)(F)F)ccc1OCCO. The topological polar surface area (TPSA) is 146 Å². The molecule has 1 fully saturated rings. The van der Waals surface area contributed by atoms with E-state index in [9.17, 15) is 28.3 Å². The van der Waals surface area contributed by atoms with E-state index in [0.717, 1.165) is 12.8 Å². The molecule has 2 heterocycles. The zero-order chi connectivity index (χ0) is 32.4. The van der Waals surface area contributed by atoms with E-state index in [1.807, 2.05) is 13.0 Å². The van der Waals surface area contributed by atoms with Gasteiger partial charge in [0.2, 0.25) is 5.60 Å². The summed E-state index contributed by atoms with van der Waals surface area (Å²) < 4.78 is 61.0. The van der Waals surface area contributed by atoms with Gasteiger partial charge >= 0.3 is 6.18 Å². The van der Waals surface area contributed by atoms with Crippen LogP contribution in [-0.2, 0) is 11.0 Å². The number of fused-ring (bicyclic) bond motifs is 1. The Hall–Kier alpha value is -4.38. The number of carbonyl (C=O) groups excluding carboxylic acids is 1. The number of nitrogens with one attached hydrogen (secondary N) is 2. The summed E-state index contributed by atoms with van der Waals surface area (Å²) in [7, 11) is 1.33. The van der Waals surface area contributed by atoms with Gasteiger partial charge < -0.3 is 35.1 Å². The molecule has 1 aromatic heterocycles. The first-order valence-corrected chi connectivity index (χ1v) is 14.3. The summed E-state index contributed by atoms with van der Waals surface area (Å²) in [5.41, 5.74) is -3.79. The molecule has 3 aromatic rings. The van der Waals surface area contributed by atoms with Crippen molar-refractivity contribution in [3.63, 3.8) is 0 Å². The molecule has 4 N–H and O–H groups in total. The fraction of sp³-hybridized carbons (Fsp3) is 0.406. The number of ether oxygens (including phenoxy) is 3. The van der Waals surface area contributed by atoms with Crippen molar-refractivity contribution in [1.82, 2.24) is 15.6 Å². The van der Waals surface area contributed by atoms with E-state index < -0.39 is 35.3 Å². The molecular formula is C32H33F3N4O6. The molecule has 13 heteroatoms. The van der Waals surface area contributed by atoms with Crippen molar-refractivity contribution < 1.29 is 42.4 Å². The lowest BCUT2D eigenvalue weighted by molar-refractivity contribution is -0.265. The lowest BCUT2D eigenvalue weighted by Crippen LogP contribution is -2.51. The predicted molar refractivity (Wildman–Crippen MR) is 156 cm³/mol. The molecule has 1 amide bonds. The normalized spacial score (nSPS) is 18.7. The molecule has 1 aliphatic carbocycles. The van der Waals surface area contributed by atoms with Gasteiger partial charge in [-0.3, -0.25) is 4.79 Å². The van der Waals surface area contributed by atoms with E-state index in [0.29, 0.717) is 35.0 Å². The highest BCUT2D eigenvalue weighted by Crippen LogP contribution is 2.48. The van der Waals surface area contributed by atoms with Crippen molar-refractivity contribution in [3.8, 4) is 34.6 Å². The Morgan fingerprint density at radius 1 is 1.18 bits per heavy atom. The third-order valence-electron chi connectivity index (χ3n) is 7.98. The van der Waals surface area contributed by atoms with E-state index in [1.54, 1.807) is 12.1 Å². The minimum absolute atomic E-state index is 0.0283. The molecule has 238 valence electrons. The first-order valence-electron chi connectivity index (χ1n) is 14.3. The van der Waals surface area contributed by atoms with Gasteiger partial charge in [-0.25, -0.2) is 4.98 Å². The van der Waals surface area contributed by atoms with Crippen LogP contribution in [-0.4, -0.2) is 73.3 Å². The van der Waals surface area contributed by atoms with Crippen molar-refractivity contribution in [2.45, 2.75) is 43.0 Å². The molecule has 0 saturated heterocycles. The van der Waals surface area contributed by atoms with E-state index in [1.165, 1.54) is 43.5 Å². The molecule has 5 rings (SSSR count). The van der Waals surface area contributed by atoms with Gasteiger partial charge in [0.05, 0.1) is 44.2 Å². The number of halogens is 3. The second kappa shape index (κ2) is 12.5. The minimum atomic E-state index is -5.24. The van der Waals surface area contributed by atoms with Crippen LogP contribution in [0.1, 0.15) is 46.9 Å². The molecular weight excluding hydrogens is 593 g/mol. The number of aliphatic hydroxyl groups is 2. The number of alkyl halides is 3. The molecule has 0 radical (unpaired) electrons. The third-order valence-corrected chi connectivity index (χ3v) is 7.98. The van der Waals surface area contributed by atoms with Gasteiger partial charge in [0.25, 0.3) is 5.91 Å². The summed E-state index contributed by atoms with van der Waals surface area (Å²) in [5, 5.41) is 35.2. The standard InChI is InChI=1S/C32H33F3N4O6/c1-30(16-37-22-8-9-22)18-45-28-23(30)14-26(39-27(28)20-5-3-19(15-36)4-6-20)31(42,32(33,34)35)17-38-29(41)21-7-10-24(44-12-11-40)25(13-21)43-2/h3-7,10,13-14,22,37,40,42H,8-9,11-12,16-18H2,1-2H3,(H,38,41)/t30-,31-/m0/s1. The van der Waals surface area contributed by atoms with Crippen molar-refractivity contribution >= 4 is 5.91 Å². The Bertz CT molecular complexity index is 1610. The van der Waals surface area contributed by atoms with Crippen molar-refractivity contribution in [2.24, 2.45) is 0 Å². The van der Waals surface area contributed by atoms with Crippen LogP contribution >= 0.6 is 0 Å². The number of hydrogen-bond donors (Lipinski definition) is 4. The number of methoxy groups -OCH3 is 1. The summed E-state index contributed by atoms with van der Waals surface area (Å²) in [4.78, 5) is 17.3. The molecule has 0 bridgehead atoms. The van der Waals surface area contributed by atoms with Gasteiger partial charge in [-0.05, 0) is 49.2 Å². The summed E-state index contributed by atoms with van der Waals surface area (Å²) in [6.45, 7) is 0.958. The number of hydrogen-bond acceptors (Lipinski definition) is 9. The van der Waals surface area contributed by atoms with Crippen LogP contribution in [0.2, 0.25) is 0 Å². The largest absolute Gasteiger partial charge is 0.493 e. The zero-order valence-electron chi connectivity index (χ0n) is 24.7. The first-order chi connectivity index (χ1) is 21.4. The Balaban J connectivity index is 1.52. The number of nitrogens with zero attached hydrogens (tertiary/aromatic N) is 2. The van der Waals surface area contributed by atoms with E-state index in [-0.39, 0.29) is 42.6 Å². The smallest absolute Gasteiger partial charge is 0.424 e.